The van der Waals surface area contributed by atoms with Crippen LogP contribution in [0.1, 0.15) is 28.0 Å². The molecule has 0 saturated carbocycles. The highest BCUT2D eigenvalue weighted by atomic mass is 32.1. The molecule has 0 saturated heterocycles. The number of hydrogen-bond donors (Lipinski definition) is 3. The Kier molecular flexibility index (Phi) is 7.46. The van der Waals surface area contributed by atoms with E-state index in [1.165, 1.54) is 41.9 Å². The van der Waals surface area contributed by atoms with Gasteiger partial charge in [0.2, 0.25) is 5.91 Å². The first-order valence-corrected chi connectivity index (χ1v) is 10.5. The fourth-order valence-electron chi connectivity index (χ4n) is 3.24. The first-order chi connectivity index (χ1) is 14.9. The van der Waals surface area contributed by atoms with E-state index in [1.807, 2.05) is 0 Å². The van der Waals surface area contributed by atoms with E-state index in [4.69, 9.17) is 14.3 Å². The Balaban J connectivity index is 1.64. The van der Waals surface area contributed by atoms with Crippen molar-refractivity contribution in [3.05, 3.63) is 46.2 Å². The van der Waals surface area contributed by atoms with E-state index in [0.29, 0.717) is 29.8 Å². The molecule has 0 aliphatic heterocycles. The molecule has 0 fully saturated rings. The second-order valence-electron chi connectivity index (χ2n) is 7.16. The van der Waals surface area contributed by atoms with Crippen LogP contribution >= 0.6 is 11.3 Å². The Labute approximate surface area is 183 Å². The summed E-state index contributed by atoms with van der Waals surface area (Å²) >= 11 is 1.31. The summed E-state index contributed by atoms with van der Waals surface area (Å²) in [5.74, 6) is -0.358. The van der Waals surface area contributed by atoms with Gasteiger partial charge in [0.1, 0.15) is 17.2 Å². The quantitative estimate of drug-likeness (QED) is 0.556. The fraction of sp³-hybridized carbons (Fsp3) is 0.381. The molecule has 1 aliphatic rings. The van der Waals surface area contributed by atoms with Crippen LogP contribution in [0.4, 0.5) is 9.80 Å². The largest absolute Gasteiger partial charge is 0.472 e. The molecule has 9 nitrogen and oxygen atoms in total. The second-order valence-corrected chi connectivity index (χ2v) is 8.27. The molecule has 2 heterocycles. The van der Waals surface area contributed by atoms with Gasteiger partial charge >= 0.3 is 6.09 Å². The maximum atomic E-state index is 12.2. The third-order valence-electron chi connectivity index (χ3n) is 4.81. The van der Waals surface area contributed by atoms with Gasteiger partial charge in [-0.25, -0.2) is 4.79 Å². The summed E-state index contributed by atoms with van der Waals surface area (Å²) in [6.07, 6.45) is 5.55. The molecule has 0 bridgehead atoms. The summed E-state index contributed by atoms with van der Waals surface area (Å²) in [4.78, 5) is 26.6. The maximum absolute atomic E-state index is 12.2. The molecule has 3 N–H and O–H groups in total. The van der Waals surface area contributed by atoms with E-state index in [1.54, 1.807) is 12.1 Å². The number of aliphatic hydroxyl groups is 2. The number of aliphatic hydroxyl groups excluding tert-OH is 2. The molecule has 2 aromatic heterocycles. The number of carbonyl (C=O) groups is 2. The Hall–Kier alpha value is -3.13. The van der Waals surface area contributed by atoms with Crippen molar-refractivity contribution in [2.24, 2.45) is 0 Å². The smallest absolute Gasteiger partial charge is 0.409 e. The highest BCUT2D eigenvalue weighted by Gasteiger charge is 2.29. The molecule has 0 spiro atoms. The topological polar surface area (TPSA) is 136 Å². The molecular formula is C21H23N3O6S. The lowest BCUT2D eigenvalue weighted by Crippen LogP contribution is -2.38. The predicted octanol–water partition coefficient (Wildman–Crippen LogP) is 2.14. The molecule has 164 valence electrons. The van der Waals surface area contributed by atoms with Crippen molar-refractivity contribution in [1.29, 1.82) is 5.26 Å². The summed E-state index contributed by atoms with van der Waals surface area (Å²) in [5.41, 5.74) is 2.07. The van der Waals surface area contributed by atoms with Crippen LogP contribution in [0.25, 0.3) is 6.08 Å². The molecule has 1 aliphatic carbocycles. The minimum Gasteiger partial charge on any atom is -0.472 e. The van der Waals surface area contributed by atoms with Crippen LogP contribution in [0, 0.1) is 11.3 Å². The molecule has 3 rings (SSSR count). The first kappa shape index (κ1) is 22.6. The zero-order chi connectivity index (χ0) is 22.4. The monoisotopic (exact) mass is 445 g/mol. The number of anilines is 1. The molecule has 10 heteroatoms. The lowest BCUT2D eigenvalue weighted by molar-refractivity contribution is -0.111. The second kappa shape index (κ2) is 10.3. The Morgan fingerprint density at radius 1 is 1.55 bits per heavy atom. The van der Waals surface area contributed by atoms with E-state index >= 15 is 0 Å². The molecule has 0 aromatic carbocycles. The average Bonchev–Trinajstić information content (AvgIpc) is 3.38. The van der Waals surface area contributed by atoms with E-state index in [2.05, 4.69) is 11.4 Å². The lowest BCUT2D eigenvalue weighted by atomic mass is 9.94. The molecular weight excluding hydrogens is 422 g/mol. The summed E-state index contributed by atoms with van der Waals surface area (Å²) in [6.45, 7) is -0.476. The highest BCUT2D eigenvalue weighted by molar-refractivity contribution is 7.16. The van der Waals surface area contributed by atoms with Gasteiger partial charge < -0.3 is 29.6 Å². The standard InChI is InChI=1S/C21H23N3O6S/c1-24(10-14(26)11-25)21(28)30-15-3-4-16-17(9-22)20(31-18(16)8-15)23-19(27)5-2-13-6-7-29-12-13/h2,5-7,12,14-15,25-26H,3-4,8,10-11H2,1H3,(H,23,27)/b5-2+. The summed E-state index contributed by atoms with van der Waals surface area (Å²) in [7, 11) is 1.49. The van der Waals surface area contributed by atoms with Crippen LogP contribution in [0.5, 0.6) is 0 Å². The van der Waals surface area contributed by atoms with Gasteiger partial charge in [-0.1, -0.05) is 0 Å². The number of amides is 2. The van der Waals surface area contributed by atoms with Crippen molar-refractivity contribution in [2.75, 3.05) is 25.5 Å². The van der Waals surface area contributed by atoms with Gasteiger partial charge in [-0.3, -0.25) is 4.79 Å². The maximum Gasteiger partial charge on any atom is 0.409 e. The van der Waals surface area contributed by atoms with Crippen LogP contribution in [-0.2, 0) is 22.4 Å². The third kappa shape index (κ3) is 5.73. The van der Waals surface area contributed by atoms with Gasteiger partial charge in [-0.05, 0) is 30.5 Å². The minimum atomic E-state index is -1.03. The van der Waals surface area contributed by atoms with Crippen LogP contribution in [0.3, 0.4) is 0 Å². The first-order valence-electron chi connectivity index (χ1n) is 9.67. The van der Waals surface area contributed by atoms with Gasteiger partial charge in [0, 0.05) is 30.0 Å². The van der Waals surface area contributed by atoms with E-state index < -0.39 is 18.8 Å². The fourth-order valence-corrected chi connectivity index (χ4v) is 4.50. The van der Waals surface area contributed by atoms with Crippen molar-refractivity contribution in [3.63, 3.8) is 0 Å². The summed E-state index contributed by atoms with van der Waals surface area (Å²) < 4.78 is 10.5. The zero-order valence-corrected chi connectivity index (χ0v) is 17.7. The van der Waals surface area contributed by atoms with Gasteiger partial charge in [-0.2, -0.15) is 5.26 Å². The molecule has 2 aromatic rings. The number of nitriles is 1. The van der Waals surface area contributed by atoms with E-state index in [9.17, 15) is 20.0 Å². The average molecular weight is 445 g/mol. The van der Waals surface area contributed by atoms with Gasteiger partial charge in [0.05, 0.1) is 37.3 Å². The number of hydrogen-bond acceptors (Lipinski definition) is 8. The summed E-state index contributed by atoms with van der Waals surface area (Å²) in [6, 6.07) is 3.89. The number of rotatable bonds is 7. The number of thiophene rings is 1. The number of nitrogens with zero attached hydrogens (tertiary/aromatic N) is 2. The third-order valence-corrected chi connectivity index (χ3v) is 5.98. The molecule has 2 amide bonds. The Morgan fingerprint density at radius 2 is 2.35 bits per heavy atom. The van der Waals surface area contributed by atoms with Crippen molar-refractivity contribution in [1.82, 2.24) is 4.90 Å². The highest BCUT2D eigenvalue weighted by Crippen LogP contribution is 2.38. The van der Waals surface area contributed by atoms with Gasteiger partial charge in [-0.15, -0.1) is 11.3 Å². The van der Waals surface area contributed by atoms with Crippen molar-refractivity contribution >= 4 is 34.4 Å². The normalized spacial score (nSPS) is 16.4. The number of ether oxygens (including phenoxy) is 1. The number of carbonyl (C=O) groups excluding carboxylic acids is 2. The van der Waals surface area contributed by atoms with Crippen molar-refractivity contribution < 1.29 is 29.0 Å². The molecule has 2 atom stereocenters. The Bertz CT molecular complexity index is 992. The number of fused-ring (bicyclic) bond motifs is 1. The van der Waals surface area contributed by atoms with Crippen LogP contribution in [-0.4, -0.2) is 59.5 Å². The predicted molar refractivity (Wildman–Crippen MR) is 113 cm³/mol. The number of likely N-dealkylation sites (N-methyl/N-ethyl adjacent to an activating group) is 1. The van der Waals surface area contributed by atoms with Gasteiger partial charge in [0.15, 0.2) is 0 Å². The molecule has 0 radical (unpaired) electrons. The Morgan fingerprint density at radius 3 is 3.03 bits per heavy atom. The SMILES string of the molecule is CN(CC(O)CO)C(=O)OC1CCc2c(sc(NC(=O)/C=C/c3ccoc3)c2C#N)C1. The van der Waals surface area contributed by atoms with E-state index in [0.717, 1.165) is 16.0 Å². The van der Waals surface area contributed by atoms with Crippen LogP contribution in [0.2, 0.25) is 0 Å². The number of furan rings is 1. The summed E-state index contributed by atoms with van der Waals surface area (Å²) in [5, 5.41) is 31.2. The number of nitrogens with one attached hydrogen (secondary N) is 1. The van der Waals surface area contributed by atoms with Crippen molar-refractivity contribution in [3.8, 4) is 6.07 Å². The minimum absolute atomic E-state index is 0.0343. The zero-order valence-electron chi connectivity index (χ0n) is 16.9. The van der Waals surface area contributed by atoms with E-state index in [-0.39, 0.29) is 18.6 Å². The van der Waals surface area contributed by atoms with Crippen molar-refractivity contribution in [2.45, 2.75) is 31.5 Å². The molecule has 31 heavy (non-hydrogen) atoms. The van der Waals surface area contributed by atoms with Crippen LogP contribution in [0.15, 0.2) is 29.1 Å². The molecule has 2 unspecified atom stereocenters. The van der Waals surface area contributed by atoms with Gasteiger partial charge in [0.25, 0.3) is 0 Å². The van der Waals surface area contributed by atoms with Crippen LogP contribution < -0.4 is 5.32 Å². The lowest BCUT2D eigenvalue weighted by Gasteiger charge is -2.26.